The highest BCUT2D eigenvalue weighted by Crippen LogP contribution is 2.14. The summed E-state index contributed by atoms with van der Waals surface area (Å²) in [6, 6.07) is 0. The van der Waals surface area contributed by atoms with E-state index >= 15 is 0 Å². The van der Waals surface area contributed by atoms with Crippen LogP contribution in [0, 0.1) is 15.8 Å². The summed E-state index contributed by atoms with van der Waals surface area (Å²) in [5, 5.41) is 0. The lowest BCUT2D eigenvalue weighted by molar-refractivity contribution is -0.142. The van der Waals surface area contributed by atoms with Crippen LogP contribution in [0.5, 0.6) is 0 Å². The molecule has 0 saturated carbocycles. The number of rotatable bonds is 16. The van der Waals surface area contributed by atoms with E-state index in [0.717, 1.165) is 18.8 Å². The van der Waals surface area contributed by atoms with E-state index in [1.165, 1.54) is 70.6 Å². The standard InChI is InChI=1S/C21H37IO2/c1-20(2)16-13-11-9-7-5-3-4-6-8-10-12-14-17-21(23)24-19-15-18-22/h20H,3-14,16-17,19H2,1-2H3. The molecule has 0 aliphatic rings. The Kier molecular flexibility index (Phi) is 18.9. The van der Waals surface area contributed by atoms with Gasteiger partial charge in [-0.2, -0.15) is 0 Å². The number of carbonyl (C=O) groups excluding carboxylic acids is 1. The van der Waals surface area contributed by atoms with Crippen molar-refractivity contribution in [1.29, 1.82) is 0 Å². The van der Waals surface area contributed by atoms with Crippen LogP contribution in [0.1, 0.15) is 104 Å². The van der Waals surface area contributed by atoms with Gasteiger partial charge in [0.05, 0.1) is 0 Å². The van der Waals surface area contributed by atoms with Crippen molar-refractivity contribution in [3.05, 3.63) is 0 Å². The smallest absolute Gasteiger partial charge is 0.306 e. The number of hydrogen-bond acceptors (Lipinski definition) is 2. The van der Waals surface area contributed by atoms with Gasteiger partial charge in [0.2, 0.25) is 0 Å². The molecule has 0 amide bonds. The first-order chi connectivity index (χ1) is 11.7. The van der Waals surface area contributed by atoms with Gasteiger partial charge in [0.1, 0.15) is 0 Å². The monoisotopic (exact) mass is 448 g/mol. The maximum Gasteiger partial charge on any atom is 0.306 e. The first kappa shape index (κ1) is 23.8. The topological polar surface area (TPSA) is 26.3 Å². The molecule has 0 unspecified atom stereocenters. The molecule has 0 spiro atoms. The maximum absolute atomic E-state index is 11.4. The molecular weight excluding hydrogens is 411 g/mol. The zero-order valence-corrected chi connectivity index (χ0v) is 18.0. The minimum atomic E-state index is -0.109. The number of ether oxygens (including phenoxy) is 1. The highest BCUT2D eigenvalue weighted by Gasteiger charge is 2.01. The van der Waals surface area contributed by atoms with Crippen LogP contribution in [0.15, 0.2) is 0 Å². The van der Waals surface area contributed by atoms with E-state index in [9.17, 15) is 4.79 Å². The fraction of sp³-hybridized carbons (Fsp3) is 0.857. The highest BCUT2D eigenvalue weighted by molar-refractivity contribution is 14.1. The Morgan fingerprint density at radius 3 is 1.75 bits per heavy atom. The number of halogens is 1. The molecule has 3 heteroatoms. The third kappa shape index (κ3) is 19.8. The minimum absolute atomic E-state index is 0.109. The predicted octanol–water partition coefficient (Wildman–Crippen LogP) is 7.04. The Morgan fingerprint density at radius 1 is 0.833 bits per heavy atom. The maximum atomic E-state index is 11.4. The number of unbranched alkanes of at least 4 members (excludes halogenated alkanes) is 11. The van der Waals surface area contributed by atoms with Crippen molar-refractivity contribution < 1.29 is 9.53 Å². The zero-order chi connectivity index (χ0) is 17.9. The molecule has 0 aromatic heterocycles. The molecule has 0 saturated heterocycles. The van der Waals surface area contributed by atoms with Crippen LogP contribution in [0.2, 0.25) is 0 Å². The van der Waals surface area contributed by atoms with Gasteiger partial charge < -0.3 is 4.74 Å². The molecule has 0 bridgehead atoms. The van der Waals surface area contributed by atoms with Gasteiger partial charge in [0, 0.05) is 29.0 Å². The van der Waals surface area contributed by atoms with E-state index in [1.807, 2.05) is 22.6 Å². The van der Waals surface area contributed by atoms with Gasteiger partial charge in [-0.05, 0) is 16.3 Å². The van der Waals surface area contributed by atoms with Crippen molar-refractivity contribution >= 4 is 28.6 Å². The van der Waals surface area contributed by atoms with Gasteiger partial charge in [-0.3, -0.25) is 4.79 Å². The molecule has 0 aromatic carbocycles. The second-order valence-electron chi connectivity index (χ2n) is 7.11. The Hall–Kier alpha value is -0.240. The van der Waals surface area contributed by atoms with Crippen molar-refractivity contribution in [3.8, 4) is 9.85 Å². The summed E-state index contributed by atoms with van der Waals surface area (Å²) in [6.45, 7) is 4.86. The Bertz CT molecular complexity index is 341. The molecule has 24 heavy (non-hydrogen) atoms. The van der Waals surface area contributed by atoms with Gasteiger partial charge >= 0.3 is 5.97 Å². The van der Waals surface area contributed by atoms with E-state index < -0.39 is 0 Å². The number of hydrogen-bond donors (Lipinski definition) is 0. The normalized spacial score (nSPS) is 10.5. The van der Waals surface area contributed by atoms with E-state index in [0.29, 0.717) is 6.42 Å². The van der Waals surface area contributed by atoms with Crippen molar-refractivity contribution in [2.75, 3.05) is 6.61 Å². The summed E-state index contributed by atoms with van der Waals surface area (Å²) in [7, 11) is 0. The lowest BCUT2D eigenvalue weighted by atomic mass is 10.0. The zero-order valence-electron chi connectivity index (χ0n) is 15.9. The van der Waals surface area contributed by atoms with Crippen LogP contribution in [0.4, 0.5) is 0 Å². The Labute approximate surface area is 164 Å². The molecular formula is C21H37IO2. The first-order valence-electron chi connectivity index (χ1n) is 9.91. The van der Waals surface area contributed by atoms with Crippen LogP contribution in [0.25, 0.3) is 0 Å². The summed E-state index contributed by atoms with van der Waals surface area (Å²) in [5.74, 6) is 3.48. The van der Waals surface area contributed by atoms with Crippen LogP contribution in [-0.2, 0) is 9.53 Å². The molecule has 0 heterocycles. The Balaban J connectivity index is 3.12. The van der Waals surface area contributed by atoms with Gasteiger partial charge in [-0.1, -0.05) is 96.8 Å². The van der Waals surface area contributed by atoms with E-state index in [1.54, 1.807) is 0 Å². The molecule has 0 aliphatic carbocycles. The van der Waals surface area contributed by atoms with Crippen molar-refractivity contribution in [2.24, 2.45) is 5.92 Å². The molecule has 0 aromatic rings. The van der Waals surface area contributed by atoms with Gasteiger partial charge in [-0.25, -0.2) is 0 Å². The average Bonchev–Trinajstić information content (AvgIpc) is 2.55. The summed E-state index contributed by atoms with van der Waals surface area (Å²) in [4.78, 5) is 11.4. The fourth-order valence-electron chi connectivity index (χ4n) is 2.81. The van der Waals surface area contributed by atoms with Crippen molar-refractivity contribution in [2.45, 2.75) is 104 Å². The molecule has 0 atom stereocenters. The quantitative estimate of drug-likeness (QED) is 0.110. The third-order valence-electron chi connectivity index (χ3n) is 4.28. The molecule has 0 aliphatic heterocycles. The first-order valence-corrected chi connectivity index (χ1v) is 11.0. The Morgan fingerprint density at radius 2 is 1.29 bits per heavy atom. The van der Waals surface area contributed by atoms with Gasteiger partial charge in [0.15, 0.2) is 6.61 Å². The molecule has 0 fully saturated rings. The largest absolute Gasteiger partial charge is 0.452 e. The fourth-order valence-corrected chi connectivity index (χ4v) is 2.96. The predicted molar refractivity (Wildman–Crippen MR) is 112 cm³/mol. The van der Waals surface area contributed by atoms with Crippen molar-refractivity contribution in [3.63, 3.8) is 0 Å². The van der Waals surface area contributed by atoms with Crippen LogP contribution in [-0.4, -0.2) is 12.6 Å². The molecule has 2 nitrogen and oxygen atoms in total. The second-order valence-corrected chi connectivity index (χ2v) is 7.65. The second kappa shape index (κ2) is 19.1. The SMILES string of the molecule is CC(C)CCCCCCCCCCCCCCC(=O)OCC#CI. The van der Waals surface area contributed by atoms with Gasteiger partial charge in [-0.15, -0.1) is 0 Å². The van der Waals surface area contributed by atoms with E-state index in [-0.39, 0.29) is 12.6 Å². The summed E-state index contributed by atoms with van der Waals surface area (Å²) in [6.07, 6.45) is 17.8. The van der Waals surface area contributed by atoms with Gasteiger partial charge in [0.25, 0.3) is 0 Å². The minimum Gasteiger partial charge on any atom is -0.452 e. The van der Waals surface area contributed by atoms with Crippen LogP contribution in [0.3, 0.4) is 0 Å². The molecule has 140 valence electrons. The lowest BCUT2D eigenvalue weighted by Gasteiger charge is -2.05. The molecule has 0 radical (unpaired) electrons. The average molecular weight is 448 g/mol. The van der Waals surface area contributed by atoms with E-state index in [4.69, 9.17) is 4.74 Å². The lowest BCUT2D eigenvalue weighted by Crippen LogP contribution is -2.04. The third-order valence-corrected chi connectivity index (χ3v) is 4.67. The van der Waals surface area contributed by atoms with Crippen LogP contribution < -0.4 is 0 Å². The summed E-state index contributed by atoms with van der Waals surface area (Å²) in [5.41, 5.74) is 0. The molecule has 0 rings (SSSR count). The number of esters is 1. The molecule has 0 N–H and O–H groups in total. The summed E-state index contributed by atoms with van der Waals surface area (Å²) >= 11 is 1.95. The summed E-state index contributed by atoms with van der Waals surface area (Å²) < 4.78 is 7.67. The van der Waals surface area contributed by atoms with Crippen LogP contribution >= 0.6 is 22.6 Å². The van der Waals surface area contributed by atoms with E-state index in [2.05, 4.69) is 23.7 Å². The number of carbonyl (C=O) groups is 1. The highest BCUT2D eigenvalue weighted by atomic mass is 127. The van der Waals surface area contributed by atoms with Crippen molar-refractivity contribution in [1.82, 2.24) is 0 Å².